The van der Waals surface area contributed by atoms with Crippen LogP contribution in [0.3, 0.4) is 0 Å². The summed E-state index contributed by atoms with van der Waals surface area (Å²) in [5.41, 5.74) is 6.21. The second-order valence-electron chi connectivity index (χ2n) is 6.94. The molecule has 1 fully saturated rings. The Balaban J connectivity index is 1.80. The van der Waals surface area contributed by atoms with Crippen LogP contribution in [0.4, 0.5) is 0 Å². The van der Waals surface area contributed by atoms with Crippen LogP contribution >= 0.6 is 0 Å². The van der Waals surface area contributed by atoms with E-state index in [0.29, 0.717) is 12.6 Å². The Morgan fingerprint density at radius 2 is 2.15 bits per heavy atom. The van der Waals surface area contributed by atoms with Gasteiger partial charge in [-0.2, -0.15) is 0 Å². The molecule has 20 heavy (non-hydrogen) atoms. The number of rotatable bonds is 1. The predicted octanol–water partition coefficient (Wildman–Crippen LogP) is 2.86. The van der Waals surface area contributed by atoms with E-state index in [2.05, 4.69) is 36.1 Å². The van der Waals surface area contributed by atoms with Gasteiger partial charge in [-0.3, -0.25) is 4.90 Å². The minimum Gasteiger partial charge on any atom is -0.396 e. The van der Waals surface area contributed by atoms with Crippen molar-refractivity contribution >= 4 is 5.57 Å². The summed E-state index contributed by atoms with van der Waals surface area (Å²) in [4.78, 5) is 2.63. The van der Waals surface area contributed by atoms with Crippen molar-refractivity contribution in [3.05, 3.63) is 41.0 Å². The molecule has 1 aliphatic carbocycles. The Morgan fingerprint density at radius 1 is 1.30 bits per heavy atom. The van der Waals surface area contributed by atoms with Gasteiger partial charge < -0.3 is 5.11 Å². The molecular weight excluding hydrogens is 246 g/mol. The van der Waals surface area contributed by atoms with Crippen LogP contribution in [0.15, 0.2) is 29.8 Å². The second-order valence-corrected chi connectivity index (χ2v) is 6.94. The molecule has 1 saturated heterocycles. The minimum absolute atomic E-state index is 0.0430. The monoisotopic (exact) mass is 269 g/mol. The topological polar surface area (TPSA) is 23.5 Å². The third-order valence-electron chi connectivity index (χ3n) is 5.67. The van der Waals surface area contributed by atoms with Gasteiger partial charge in [0.1, 0.15) is 0 Å². The highest BCUT2D eigenvalue weighted by Gasteiger charge is 2.46. The van der Waals surface area contributed by atoms with Crippen LogP contribution in [0.1, 0.15) is 37.3 Å². The molecule has 2 heterocycles. The standard InChI is InChI=1S/C18H23NO/c1-18(12-20)8-4-9-19-10-7-15-14-6-3-2-5-13(14)11-16(15)17(18)19/h2-3,5-6,17,20H,4,7-12H2,1H3. The zero-order valence-corrected chi connectivity index (χ0v) is 12.2. The van der Waals surface area contributed by atoms with Crippen molar-refractivity contribution < 1.29 is 5.11 Å². The molecule has 1 aromatic carbocycles. The van der Waals surface area contributed by atoms with E-state index in [1.165, 1.54) is 30.5 Å². The molecule has 2 atom stereocenters. The molecule has 0 spiro atoms. The van der Waals surface area contributed by atoms with Crippen molar-refractivity contribution in [3.8, 4) is 0 Å². The number of hydrogen-bond acceptors (Lipinski definition) is 2. The van der Waals surface area contributed by atoms with Crippen molar-refractivity contribution in [1.29, 1.82) is 0 Å². The third-order valence-corrected chi connectivity index (χ3v) is 5.67. The highest BCUT2D eigenvalue weighted by Crippen LogP contribution is 2.48. The Labute approximate surface area is 121 Å². The average molecular weight is 269 g/mol. The highest BCUT2D eigenvalue weighted by molar-refractivity contribution is 5.78. The first-order chi connectivity index (χ1) is 9.73. The molecule has 106 valence electrons. The number of aliphatic hydroxyl groups is 1. The van der Waals surface area contributed by atoms with Crippen molar-refractivity contribution in [1.82, 2.24) is 4.90 Å². The van der Waals surface area contributed by atoms with Gasteiger partial charge in [-0.05, 0) is 54.5 Å². The molecule has 4 rings (SSSR count). The van der Waals surface area contributed by atoms with Gasteiger partial charge in [0.25, 0.3) is 0 Å². The maximum atomic E-state index is 9.98. The van der Waals surface area contributed by atoms with Crippen LogP contribution in [0.25, 0.3) is 5.57 Å². The first-order valence-electron chi connectivity index (χ1n) is 7.88. The fourth-order valence-electron chi connectivity index (χ4n) is 4.71. The number of fused-ring (bicyclic) bond motifs is 4. The van der Waals surface area contributed by atoms with Gasteiger partial charge in [0.2, 0.25) is 0 Å². The zero-order chi connectivity index (χ0) is 13.7. The molecule has 2 unspecified atom stereocenters. The average Bonchev–Trinajstić information content (AvgIpc) is 2.85. The number of benzene rings is 1. The van der Waals surface area contributed by atoms with Gasteiger partial charge in [0.15, 0.2) is 0 Å². The maximum Gasteiger partial charge on any atom is 0.0503 e. The third kappa shape index (κ3) is 1.64. The lowest BCUT2D eigenvalue weighted by atomic mass is 9.69. The first kappa shape index (κ1) is 12.6. The van der Waals surface area contributed by atoms with Gasteiger partial charge in [0.05, 0.1) is 6.61 Å². The van der Waals surface area contributed by atoms with E-state index < -0.39 is 0 Å². The van der Waals surface area contributed by atoms with E-state index in [1.807, 2.05) is 0 Å². The van der Waals surface area contributed by atoms with Gasteiger partial charge in [0, 0.05) is 18.0 Å². The normalized spacial score (nSPS) is 32.8. The lowest BCUT2D eigenvalue weighted by molar-refractivity contribution is 0.000696. The Morgan fingerprint density at radius 3 is 3.00 bits per heavy atom. The maximum absolute atomic E-state index is 9.98. The molecule has 2 nitrogen and oxygen atoms in total. The molecule has 2 heteroatoms. The largest absolute Gasteiger partial charge is 0.396 e. The van der Waals surface area contributed by atoms with Crippen molar-refractivity contribution in [2.24, 2.45) is 5.41 Å². The van der Waals surface area contributed by atoms with Crippen molar-refractivity contribution in [2.45, 2.75) is 38.6 Å². The van der Waals surface area contributed by atoms with E-state index in [9.17, 15) is 5.11 Å². The molecule has 2 aliphatic heterocycles. The molecule has 0 radical (unpaired) electrons. The molecule has 0 aromatic heterocycles. The number of hydrogen-bond donors (Lipinski definition) is 1. The number of piperidine rings is 1. The molecular formula is C18H23NO. The van der Waals surface area contributed by atoms with E-state index >= 15 is 0 Å². The molecule has 0 amide bonds. The molecule has 0 saturated carbocycles. The lowest BCUT2D eigenvalue weighted by Gasteiger charge is -2.51. The summed E-state index contributed by atoms with van der Waals surface area (Å²) < 4.78 is 0. The van der Waals surface area contributed by atoms with Gasteiger partial charge in [-0.25, -0.2) is 0 Å². The van der Waals surface area contributed by atoms with Crippen LogP contribution in [0.5, 0.6) is 0 Å². The van der Waals surface area contributed by atoms with E-state index in [1.54, 1.807) is 11.1 Å². The van der Waals surface area contributed by atoms with Crippen molar-refractivity contribution in [3.63, 3.8) is 0 Å². The smallest absolute Gasteiger partial charge is 0.0503 e. The van der Waals surface area contributed by atoms with Crippen LogP contribution in [-0.4, -0.2) is 35.7 Å². The second kappa shape index (κ2) is 4.44. The lowest BCUT2D eigenvalue weighted by Crippen LogP contribution is -2.55. The molecule has 0 bridgehead atoms. The Bertz CT molecular complexity index is 577. The zero-order valence-electron chi connectivity index (χ0n) is 12.2. The van der Waals surface area contributed by atoms with Crippen LogP contribution < -0.4 is 0 Å². The van der Waals surface area contributed by atoms with Gasteiger partial charge in [-0.15, -0.1) is 0 Å². The summed E-state index contributed by atoms with van der Waals surface area (Å²) >= 11 is 0. The van der Waals surface area contributed by atoms with E-state index in [0.717, 1.165) is 19.4 Å². The summed E-state index contributed by atoms with van der Waals surface area (Å²) in [6.45, 7) is 4.95. The summed E-state index contributed by atoms with van der Waals surface area (Å²) in [6.07, 6.45) is 4.66. The van der Waals surface area contributed by atoms with E-state index in [4.69, 9.17) is 0 Å². The summed E-state index contributed by atoms with van der Waals surface area (Å²) in [5.74, 6) is 0. The van der Waals surface area contributed by atoms with Crippen LogP contribution in [0, 0.1) is 5.41 Å². The number of nitrogens with zero attached hydrogens (tertiary/aromatic N) is 1. The summed E-state index contributed by atoms with van der Waals surface area (Å²) in [7, 11) is 0. The minimum atomic E-state index is 0.0430. The van der Waals surface area contributed by atoms with Gasteiger partial charge >= 0.3 is 0 Å². The SMILES string of the molecule is CC1(CO)CCCN2CCC3=C(Cc4ccccc43)C21. The first-order valence-corrected chi connectivity index (χ1v) is 7.88. The molecule has 1 N–H and O–H groups in total. The quantitative estimate of drug-likeness (QED) is 0.847. The summed E-state index contributed by atoms with van der Waals surface area (Å²) in [6, 6.07) is 9.33. The van der Waals surface area contributed by atoms with Crippen LogP contribution in [-0.2, 0) is 6.42 Å². The fraction of sp³-hybridized carbons (Fsp3) is 0.556. The Kier molecular flexibility index (Phi) is 2.80. The molecule has 3 aliphatic rings. The number of aliphatic hydroxyl groups excluding tert-OH is 1. The van der Waals surface area contributed by atoms with Crippen LogP contribution in [0.2, 0.25) is 0 Å². The Hall–Kier alpha value is -1.12. The van der Waals surface area contributed by atoms with E-state index in [-0.39, 0.29) is 5.41 Å². The molecule has 1 aromatic rings. The van der Waals surface area contributed by atoms with Gasteiger partial charge in [-0.1, -0.05) is 31.2 Å². The highest BCUT2D eigenvalue weighted by atomic mass is 16.3. The fourth-order valence-corrected chi connectivity index (χ4v) is 4.71. The predicted molar refractivity (Wildman–Crippen MR) is 81.5 cm³/mol. The summed E-state index contributed by atoms with van der Waals surface area (Å²) in [5, 5.41) is 9.98. The van der Waals surface area contributed by atoms with Crippen molar-refractivity contribution in [2.75, 3.05) is 19.7 Å².